The minimum absolute atomic E-state index is 0.105. The van der Waals surface area contributed by atoms with Crippen molar-refractivity contribution in [2.45, 2.75) is 432 Å². The van der Waals surface area contributed by atoms with Gasteiger partial charge in [0.05, 0.1) is 26.4 Å². The number of hydrogen-bond acceptors (Lipinski definition) is 15. The molecule has 582 valence electrons. The second-order valence-electron chi connectivity index (χ2n) is 28.9. The number of aliphatic hydroxyl groups is 1. The Hall–Kier alpha value is -1.94. The summed E-state index contributed by atoms with van der Waals surface area (Å²) in [5, 5.41) is 10.6. The van der Waals surface area contributed by atoms with Crippen LogP contribution >= 0.6 is 15.6 Å². The molecule has 0 aromatic carbocycles. The first-order chi connectivity index (χ1) is 47.4. The van der Waals surface area contributed by atoms with Crippen molar-refractivity contribution in [1.82, 2.24) is 0 Å². The molecule has 98 heavy (non-hydrogen) atoms. The van der Waals surface area contributed by atoms with Gasteiger partial charge in [-0.1, -0.05) is 363 Å². The molecule has 19 heteroatoms. The quantitative estimate of drug-likeness (QED) is 0.0222. The van der Waals surface area contributed by atoms with Gasteiger partial charge in [0.15, 0.2) is 12.2 Å². The molecule has 0 saturated carbocycles. The number of phosphoric acid groups is 2. The summed E-state index contributed by atoms with van der Waals surface area (Å²) in [6.45, 7) is 9.62. The summed E-state index contributed by atoms with van der Waals surface area (Å²) in [7, 11) is -9.92. The molecule has 7 atom stereocenters. The Morgan fingerprint density at radius 2 is 0.490 bits per heavy atom. The minimum Gasteiger partial charge on any atom is -0.462 e. The lowest BCUT2D eigenvalue weighted by Crippen LogP contribution is -2.30. The third-order valence-corrected chi connectivity index (χ3v) is 21.1. The molecule has 0 heterocycles. The number of carbonyl (C=O) groups excluding carboxylic acids is 4. The van der Waals surface area contributed by atoms with Crippen LogP contribution in [0.15, 0.2) is 0 Å². The summed E-state index contributed by atoms with van der Waals surface area (Å²) >= 11 is 0. The zero-order chi connectivity index (χ0) is 72.1. The third kappa shape index (κ3) is 69.8. The highest BCUT2D eigenvalue weighted by atomic mass is 31.2. The molecular weight excluding hydrogens is 1280 g/mol. The van der Waals surface area contributed by atoms with Gasteiger partial charge in [-0.05, 0) is 37.5 Å². The highest BCUT2D eigenvalue weighted by Gasteiger charge is 2.30. The van der Waals surface area contributed by atoms with Crippen LogP contribution in [0, 0.1) is 11.8 Å². The van der Waals surface area contributed by atoms with Crippen molar-refractivity contribution in [1.29, 1.82) is 0 Å². The molecule has 0 aliphatic heterocycles. The summed E-state index contributed by atoms with van der Waals surface area (Å²) in [6, 6.07) is 0. The maximum atomic E-state index is 13.1. The lowest BCUT2D eigenvalue weighted by Gasteiger charge is -2.21. The van der Waals surface area contributed by atoms with Crippen LogP contribution in [0.2, 0.25) is 0 Å². The molecule has 0 fully saturated rings. The van der Waals surface area contributed by atoms with Crippen LogP contribution in [0.3, 0.4) is 0 Å². The van der Waals surface area contributed by atoms with E-state index < -0.39 is 97.5 Å². The molecule has 0 amide bonds. The Morgan fingerprint density at radius 3 is 0.724 bits per heavy atom. The number of phosphoric ester groups is 2. The average molecular weight is 1440 g/mol. The molecule has 0 rings (SSSR count). The van der Waals surface area contributed by atoms with Crippen molar-refractivity contribution < 1.29 is 80.2 Å². The van der Waals surface area contributed by atoms with Crippen molar-refractivity contribution in [3.8, 4) is 0 Å². The van der Waals surface area contributed by atoms with E-state index in [1.165, 1.54) is 231 Å². The Kier molecular flexibility index (Phi) is 69.3. The van der Waals surface area contributed by atoms with E-state index in [0.717, 1.165) is 102 Å². The van der Waals surface area contributed by atoms with Gasteiger partial charge in [-0.25, -0.2) is 9.13 Å². The van der Waals surface area contributed by atoms with E-state index >= 15 is 0 Å². The largest absolute Gasteiger partial charge is 0.472 e. The van der Waals surface area contributed by atoms with Gasteiger partial charge in [0.2, 0.25) is 0 Å². The van der Waals surface area contributed by atoms with Gasteiger partial charge in [0, 0.05) is 25.7 Å². The van der Waals surface area contributed by atoms with E-state index in [1.54, 1.807) is 0 Å². The predicted octanol–water partition coefficient (Wildman–Crippen LogP) is 23.5. The smallest absolute Gasteiger partial charge is 0.462 e. The molecule has 17 nitrogen and oxygen atoms in total. The Morgan fingerprint density at radius 1 is 0.286 bits per heavy atom. The van der Waals surface area contributed by atoms with E-state index in [-0.39, 0.29) is 25.7 Å². The normalized spacial score (nSPS) is 14.5. The van der Waals surface area contributed by atoms with Gasteiger partial charge < -0.3 is 33.8 Å². The number of carbonyl (C=O) groups is 4. The van der Waals surface area contributed by atoms with Gasteiger partial charge in [0.25, 0.3) is 0 Å². The second-order valence-corrected chi connectivity index (χ2v) is 31.8. The van der Waals surface area contributed by atoms with Gasteiger partial charge in [-0.3, -0.25) is 37.3 Å². The molecule has 0 aromatic rings. The first kappa shape index (κ1) is 96.1. The number of esters is 4. The van der Waals surface area contributed by atoms with Gasteiger partial charge in [-0.2, -0.15) is 0 Å². The van der Waals surface area contributed by atoms with Crippen LogP contribution in [-0.4, -0.2) is 96.7 Å². The second kappa shape index (κ2) is 70.7. The number of ether oxygens (including phenoxy) is 4. The van der Waals surface area contributed by atoms with Crippen LogP contribution in [0.25, 0.3) is 0 Å². The molecule has 0 radical (unpaired) electrons. The average Bonchev–Trinajstić information content (AvgIpc) is 1.07. The minimum atomic E-state index is -4.96. The third-order valence-electron chi connectivity index (χ3n) is 19.2. The highest BCUT2D eigenvalue weighted by molar-refractivity contribution is 7.47. The first-order valence-electron chi connectivity index (χ1n) is 41.1. The Labute approximate surface area is 600 Å². The summed E-state index contributed by atoms with van der Waals surface area (Å²) in [5.74, 6) is -0.565. The lowest BCUT2D eigenvalue weighted by atomic mass is 9.99. The molecule has 4 unspecified atom stereocenters. The van der Waals surface area contributed by atoms with Crippen LogP contribution in [0.5, 0.6) is 0 Å². The number of rotatable bonds is 78. The Balaban J connectivity index is 5.26. The van der Waals surface area contributed by atoms with Crippen LogP contribution in [-0.2, 0) is 65.4 Å². The van der Waals surface area contributed by atoms with Crippen LogP contribution < -0.4 is 0 Å². The molecule has 0 saturated heterocycles. The van der Waals surface area contributed by atoms with Gasteiger partial charge in [-0.15, -0.1) is 0 Å². The maximum Gasteiger partial charge on any atom is 0.472 e. The van der Waals surface area contributed by atoms with Crippen molar-refractivity contribution in [3.05, 3.63) is 0 Å². The fraction of sp³-hybridized carbons (Fsp3) is 0.949. The van der Waals surface area contributed by atoms with Crippen molar-refractivity contribution in [3.63, 3.8) is 0 Å². The van der Waals surface area contributed by atoms with Gasteiger partial charge in [0.1, 0.15) is 19.3 Å². The Bertz CT molecular complexity index is 1890. The van der Waals surface area contributed by atoms with Crippen molar-refractivity contribution >= 4 is 39.5 Å². The zero-order valence-corrected chi connectivity index (χ0v) is 65.9. The maximum absolute atomic E-state index is 13.1. The molecule has 3 N–H and O–H groups in total. The summed E-state index contributed by atoms with van der Waals surface area (Å²) in [4.78, 5) is 73.0. The molecule has 0 aliphatic carbocycles. The number of aliphatic hydroxyl groups excluding tert-OH is 1. The first-order valence-corrected chi connectivity index (χ1v) is 44.1. The number of unbranched alkanes of at least 4 members (excludes halogenated alkanes) is 46. The van der Waals surface area contributed by atoms with Crippen molar-refractivity contribution in [2.24, 2.45) is 11.8 Å². The van der Waals surface area contributed by atoms with E-state index in [1.807, 2.05) is 0 Å². The molecule has 0 aromatic heterocycles. The van der Waals surface area contributed by atoms with Crippen LogP contribution in [0.1, 0.15) is 414 Å². The molecular formula is C79H154O17P2. The standard InChI is InChI=1S/C79H154O17P2/c1-7-11-13-15-17-19-21-23-25-27-28-30-32-34-36-45-51-57-63-78(83)95-74(67-89-76(81)61-55-49-43-35-33-31-29-26-24-22-20-18-16-14-12-8-2)69-93-97(85,86)91-65-73(80)66-92-98(87,88)94-70-75(96-79(84)64-58-52-46-40-38-42-48-54-60-72(6)10-4)68-90-77(82)62-56-50-44-39-37-41-47-53-59-71(5)9-3/h71-75,80H,7-70H2,1-6H3,(H,85,86)(H,87,88)/t71?,72?,73-,74-,75-/m1/s1. The summed E-state index contributed by atoms with van der Waals surface area (Å²) in [6.07, 6.45) is 59.5. The lowest BCUT2D eigenvalue weighted by molar-refractivity contribution is -0.161. The van der Waals surface area contributed by atoms with Crippen LogP contribution in [0.4, 0.5) is 0 Å². The zero-order valence-electron chi connectivity index (χ0n) is 64.1. The van der Waals surface area contributed by atoms with Crippen molar-refractivity contribution in [2.75, 3.05) is 39.6 Å². The fourth-order valence-electron chi connectivity index (χ4n) is 12.1. The predicted molar refractivity (Wildman–Crippen MR) is 400 cm³/mol. The van der Waals surface area contributed by atoms with Gasteiger partial charge >= 0.3 is 39.5 Å². The number of hydrogen-bond donors (Lipinski definition) is 3. The topological polar surface area (TPSA) is 237 Å². The van der Waals surface area contributed by atoms with E-state index in [4.69, 9.17) is 37.0 Å². The molecule has 0 bridgehead atoms. The SMILES string of the molecule is CCCCCCCCCCCCCCCCCCCCC(=O)O[C@H](COC(=O)CCCCCCCCCCCCCCCCCC)COP(=O)(O)OC[C@@H](O)COP(=O)(O)OC[C@@H](COC(=O)CCCCCCCCCCC(C)CC)OC(=O)CCCCCCCCCCC(C)CC. The monoisotopic (exact) mass is 1440 g/mol. The summed E-state index contributed by atoms with van der Waals surface area (Å²) in [5.41, 5.74) is 0. The highest BCUT2D eigenvalue weighted by Crippen LogP contribution is 2.45. The fourth-order valence-corrected chi connectivity index (χ4v) is 13.7. The van der Waals surface area contributed by atoms with E-state index in [0.29, 0.717) is 25.7 Å². The van der Waals surface area contributed by atoms with E-state index in [2.05, 4.69) is 41.5 Å². The summed E-state index contributed by atoms with van der Waals surface area (Å²) < 4.78 is 68.7. The molecule has 0 spiro atoms. The van der Waals surface area contributed by atoms with E-state index in [9.17, 15) is 43.2 Å². The molecule has 0 aliphatic rings.